The molecule has 45 heavy (non-hydrogen) atoms. The summed E-state index contributed by atoms with van der Waals surface area (Å²) >= 11 is 5.82. The maximum absolute atomic E-state index is 13.6. The second-order valence-electron chi connectivity index (χ2n) is 9.47. The molecule has 0 unspecified atom stereocenters. The average molecular weight is 675 g/mol. The molecular weight excluding hydrogens is 644 g/mol. The van der Waals surface area contributed by atoms with Crippen molar-refractivity contribution in [2.45, 2.75) is 22.8 Å². The summed E-state index contributed by atoms with van der Waals surface area (Å²) in [4.78, 5) is 12.8. The zero-order chi connectivity index (χ0) is 32.5. The van der Waals surface area contributed by atoms with Crippen LogP contribution in [0.5, 0.6) is 11.5 Å². The lowest BCUT2D eigenvalue weighted by atomic mass is 10.1. The molecule has 4 aromatic rings. The van der Waals surface area contributed by atoms with Crippen LogP contribution in [0.4, 0.5) is 0 Å². The van der Waals surface area contributed by atoms with Crippen molar-refractivity contribution >= 4 is 43.8 Å². The molecule has 0 aliphatic carbocycles. The Morgan fingerprint density at radius 2 is 1.60 bits per heavy atom. The lowest BCUT2D eigenvalue weighted by Gasteiger charge is -2.22. The van der Waals surface area contributed by atoms with Crippen LogP contribution in [0.25, 0.3) is 0 Å². The van der Waals surface area contributed by atoms with Crippen LogP contribution in [0.2, 0.25) is 5.02 Å². The fraction of sp³-hybridized carbons (Fsp3) is 0.200. The summed E-state index contributed by atoms with van der Waals surface area (Å²) in [7, 11) is -5.09. The van der Waals surface area contributed by atoms with E-state index in [1.54, 1.807) is 6.07 Å². The number of ether oxygens (including phenoxy) is 2. The first-order valence-corrected chi connectivity index (χ1v) is 16.7. The minimum Gasteiger partial charge on any atom is -0.493 e. The molecule has 1 heterocycles. The van der Waals surface area contributed by atoms with Crippen molar-refractivity contribution in [1.29, 1.82) is 0 Å². The molecule has 15 heteroatoms. The highest BCUT2D eigenvalue weighted by molar-refractivity contribution is 7.89. The Labute approximate surface area is 266 Å². The van der Waals surface area contributed by atoms with Crippen molar-refractivity contribution in [3.63, 3.8) is 0 Å². The van der Waals surface area contributed by atoms with Gasteiger partial charge in [-0.2, -0.15) is 9.41 Å². The molecule has 0 saturated carbocycles. The molecule has 12 nitrogen and oxygen atoms in total. The van der Waals surface area contributed by atoms with E-state index in [-0.39, 0.29) is 34.4 Å². The third-order valence-corrected chi connectivity index (χ3v) is 9.94. The second kappa shape index (κ2) is 15.2. The summed E-state index contributed by atoms with van der Waals surface area (Å²) in [6.07, 6.45) is 1.58. The molecule has 0 saturated heterocycles. The molecule has 0 aliphatic heterocycles. The van der Waals surface area contributed by atoms with Crippen molar-refractivity contribution in [3.8, 4) is 11.5 Å². The smallest absolute Gasteiger partial charge is 0.255 e. The summed E-state index contributed by atoms with van der Waals surface area (Å²) in [5.74, 6) is 0.430. The standard InChI is InChI=1S/C30H31ClN4O8S2/c1-41-28-15-14-27(18-29(28)42-2)45(39,40)35(17-16-22-6-4-3-5-7-22)21-30(36)34-32-19-24-10-11-25(43-24)20-33-44(37,38)26-12-8-23(31)9-13-26/h3-15,18-19,33H,16-17,20-21H2,1-2H3,(H,34,36)/b32-19-. The molecule has 0 radical (unpaired) electrons. The van der Waals surface area contributed by atoms with Gasteiger partial charge in [0.2, 0.25) is 20.0 Å². The summed E-state index contributed by atoms with van der Waals surface area (Å²) in [6, 6.07) is 22.3. The highest BCUT2D eigenvalue weighted by Gasteiger charge is 2.28. The van der Waals surface area contributed by atoms with E-state index < -0.39 is 32.5 Å². The van der Waals surface area contributed by atoms with Crippen LogP contribution in [-0.2, 0) is 37.8 Å². The first-order chi connectivity index (χ1) is 21.5. The number of halogens is 1. The summed E-state index contributed by atoms with van der Waals surface area (Å²) < 4.78 is 71.7. The highest BCUT2D eigenvalue weighted by Crippen LogP contribution is 2.30. The Kier molecular flexibility index (Phi) is 11.4. The minimum atomic E-state index is -4.13. The van der Waals surface area contributed by atoms with Crippen molar-refractivity contribution in [2.24, 2.45) is 5.10 Å². The normalized spacial score (nSPS) is 12.0. The third kappa shape index (κ3) is 9.15. The lowest BCUT2D eigenvalue weighted by Crippen LogP contribution is -2.40. The van der Waals surface area contributed by atoms with Gasteiger partial charge in [0.1, 0.15) is 11.5 Å². The summed E-state index contributed by atoms with van der Waals surface area (Å²) in [5.41, 5.74) is 3.21. The van der Waals surface area contributed by atoms with Gasteiger partial charge in [0, 0.05) is 17.6 Å². The van der Waals surface area contributed by atoms with E-state index >= 15 is 0 Å². The largest absolute Gasteiger partial charge is 0.493 e. The fourth-order valence-corrected chi connectivity index (χ4v) is 6.63. The molecule has 1 amide bonds. The van der Waals surface area contributed by atoms with Crippen LogP contribution in [-0.4, -0.2) is 60.6 Å². The van der Waals surface area contributed by atoms with Gasteiger partial charge in [0.05, 0.1) is 43.3 Å². The molecule has 0 spiro atoms. The van der Waals surface area contributed by atoms with Crippen LogP contribution in [0.15, 0.2) is 104 Å². The van der Waals surface area contributed by atoms with Crippen LogP contribution >= 0.6 is 11.6 Å². The molecule has 0 atom stereocenters. The van der Waals surface area contributed by atoms with Crippen LogP contribution in [0.1, 0.15) is 17.1 Å². The van der Waals surface area contributed by atoms with Gasteiger partial charge in [-0.1, -0.05) is 41.9 Å². The number of carbonyl (C=O) groups excluding carboxylic acids is 1. The van der Waals surface area contributed by atoms with Crippen molar-refractivity contribution < 1.29 is 35.5 Å². The predicted octanol–water partition coefficient (Wildman–Crippen LogP) is 3.81. The highest BCUT2D eigenvalue weighted by atomic mass is 35.5. The van der Waals surface area contributed by atoms with E-state index in [1.165, 1.54) is 69.0 Å². The van der Waals surface area contributed by atoms with E-state index in [0.717, 1.165) is 9.87 Å². The molecule has 0 bridgehead atoms. The van der Waals surface area contributed by atoms with Gasteiger partial charge >= 0.3 is 0 Å². The number of hydrazone groups is 1. The first kappa shape index (κ1) is 33.7. The van der Waals surface area contributed by atoms with Crippen molar-refractivity contribution in [2.75, 3.05) is 27.3 Å². The number of amides is 1. The molecule has 238 valence electrons. The number of methoxy groups -OCH3 is 2. The number of carbonyl (C=O) groups is 1. The van der Waals surface area contributed by atoms with Gasteiger partial charge < -0.3 is 13.9 Å². The van der Waals surface area contributed by atoms with Gasteiger partial charge in [-0.25, -0.2) is 27.0 Å². The Bertz CT molecular complexity index is 1850. The van der Waals surface area contributed by atoms with Crippen molar-refractivity contribution in [1.82, 2.24) is 14.5 Å². The Balaban J connectivity index is 1.40. The quantitative estimate of drug-likeness (QED) is 0.142. The number of hydrogen-bond acceptors (Lipinski definition) is 9. The second-order valence-corrected chi connectivity index (χ2v) is 13.6. The maximum Gasteiger partial charge on any atom is 0.255 e. The average Bonchev–Trinajstić information content (AvgIpc) is 3.50. The fourth-order valence-electron chi connectivity index (χ4n) is 4.09. The van der Waals surface area contributed by atoms with Crippen LogP contribution < -0.4 is 19.6 Å². The van der Waals surface area contributed by atoms with E-state index in [4.69, 9.17) is 25.5 Å². The zero-order valence-electron chi connectivity index (χ0n) is 24.3. The molecule has 2 N–H and O–H groups in total. The predicted molar refractivity (Wildman–Crippen MR) is 168 cm³/mol. The molecule has 1 aromatic heterocycles. The third-order valence-electron chi connectivity index (χ3n) is 6.43. The molecular formula is C30H31ClN4O8S2. The van der Waals surface area contributed by atoms with E-state index in [1.807, 2.05) is 30.3 Å². The number of hydrogen-bond donors (Lipinski definition) is 2. The number of rotatable bonds is 15. The van der Waals surface area contributed by atoms with E-state index in [2.05, 4.69) is 15.2 Å². The SMILES string of the molecule is COc1ccc(S(=O)(=O)N(CCc2ccccc2)CC(=O)N/N=C\c2ccc(CNS(=O)(=O)c3ccc(Cl)cc3)o2)cc1OC. The van der Waals surface area contributed by atoms with Crippen molar-refractivity contribution in [3.05, 3.63) is 107 Å². The van der Waals surface area contributed by atoms with Crippen LogP contribution in [0, 0.1) is 0 Å². The van der Waals surface area contributed by atoms with Gasteiger partial charge in [-0.15, -0.1) is 0 Å². The molecule has 3 aromatic carbocycles. The van der Waals surface area contributed by atoms with Gasteiger partial charge in [-0.3, -0.25) is 4.79 Å². The maximum atomic E-state index is 13.6. The van der Waals surface area contributed by atoms with E-state index in [0.29, 0.717) is 23.0 Å². The van der Waals surface area contributed by atoms with E-state index in [9.17, 15) is 21.6 Å². The topological polar surface area (TPSA) is 157 Å². The van der Waals surface area contributed by atoms with Crippen LogP contribution in [0.3, 0.4) is 0 Å². The van der Waals surface area contributed by atoms with Gasteiger partial charge in [0.25, 0.3) is 5.91 Å². The molecule has 0 fully saturated rings. The summed E-state index contributed by atoms with van der Waals surface area (Å²) in [6.45, 7) is -0.627. The number of furan rings is 1. The van der Waals surface area contributed by atoms with Gasteiger partial charge in [0.15, 0.2) is 11.5 Å². The lowest BCUT2D eigenvalue weighted by molar-refractivity contribution is -0.121. The number of nitrogens with zero attached hydrogens (tertiary/aromatic N) is 2. The molecule has 4 rings (SSSR count). The number of sulfonamides is 2. The Morgan fingerprint density at radius 3 is 2.29 bits per heavy atom. The zero-order valence-corrected chi connectivity index (χ0v) is 26.7. The number of benzene rings is 3. The number of nitrogens with one attached hydrogen (secondary N) is 2. The van der Waals surface area contributed by atoms with Gasteiger partial charge in [-0.05, 0) is 60.5 Å². The minimum absolute atomic E-state index is 0.0191. The Morgan fingerprint density at radius 1 is 0.911 bits per heavy atom. The first-order valence-electron chi connectivity index (χ1n) is 13.4. The summed E-state index contributed by atoms with van der Waals surface area (Å²) in [5, 5.41) is 4.28. The Hall–Kier alpha value is -4.21. The monoisotopic (exact) mass is 674 g/mol. The molecule has 0 aliphatic rings.